The number of carbonyl (C=O) groups is 1. The molecule has 0 spiro atoms. The van der Waals surface area contributed by atoms with Gasteiger partial charge < -0.3 is 20.4 Å². The molecule has 2 fully saturated rings. The van der Waals surface area contributed by atoms with E-state index in [-0.39, 0.29) is 11.9 Å². The average molecular weight is 277 g/mol. The van der Waals surface area contributed by atoms with Gasteiger partial charge in [0, 0.05) is 18.1 Å². The molecule has 0 saturated carbocycles. The van der Waals surface area contributed by atoms with E-state index in [0.29, 0.717) is 30.1 Å². The predicted molar refractivity (Wildman–Crippen MR) is 76.3 cm³/mol. The highest BCUT2D eigenvalue weighted by Gasteiger charge is 2.36. The lowest BCUT2D eigenvalue weighted by Gasteiger charge is -2.47. The first-order chi connectivity index (χ1) is 9.67. The van der Waals surface area contributed by atoms with Crippen molar-refractivity contribution in [2.24, 2.45) is 5.73 Å². The van der Waals surface area contributed by atoms with Crippen molar-refractivity contribution in [3.63, 3.8) is 0 Å². The van der Waals surface area contributed by atoms with Crippen LogP contribution in [0.15, 0.2) is 16.5 Å². The number of rotatable bonds is 3. The van der Waals surface area contributed by atoms with E-state index in [9.17, 15) is 4.79 Å². The molecule has 1 aromatic rings. The number of nitrogens with two attached hydrogens (primary N) is 1. The quantitative estimate of drug-likeness (QED) is 0.878. The van der Waals surface area contributed by atoms with Crippen LogP contribution >= 0.6 is 0 Å². The number of fused-ring (bicyclic) bond motifs is 2. The van der Waals surface area contributed by atoms with Crippen molar-refractivity contribution >= 4 is 5.91 Å². The van der Waals surface area contributed by atoms with Crippen molar-refractivity contribution in [3.05, 3.63) is 23.7 Å². The van der Waals surface area contributed by atoms with E-state index < -0.39 is 0 Å². The molecule has 2 bridgehead atoms. The maximum atomic E-state index is 12.2. The Hall–Kier alpha value is -1.33. The highest BCUT2D eigenvalue weighted by molar-refractivity contribution is 5.91. The summed E-state index contributed by atoms with van der Waals surface area (Å²) in [7, 11) is 2.21. The van der Waals surface area contributed by atoms with Gasteiger partial charge in [-0.25, -0.2) is 0 Å². The highest BCUT2D eigenvalue weighted by Crippen LogP contribution is 2.32. The zero-order valence-corrected chi connectivity index (χ0v) is 12.0. The lowest BCUT2D eigenvalue weighted by atomic mass is 9.82. The van der Waals surface area contributed by atoms with E-state index >= 15 is 0 Å². The van der Waals surface area contributed by atoms with Crippen molar-refractivity contribution in [1.29, 1.82) is 0 Å². The Kier molecular flexibility index (Phi) is 3.81. The maximum absolute atomic E-state index is 12.2. The third-order valence-electron chi connectivity index (χ3n) is 4.76. The molecular formula is C15H23N3O2. The zero-order chi connectivity index (χ0) is 14.1. The Balaban J connectivity index is 1.62. The fourth-order valence-electron chi connectivity index (χ4n) is 3.60. The third-order valence-corrected chi connectivity index (χ3v) is 4.76. The highest BCUT2D eigenvalue weighted by atomic mass is 16.4. The van der Waals surface area contributed by atoms with E-state index in [1.54, 1.807) is 12.1 Å². The number of hydrogen-bond donors (Lipinski definition) is 2. The molecule has 0 radical (unpaired) electrons. The van der Waals surface area contributed by atoms with E-state index in [1.807, 2.05) is 0 Å². The van der Waals surface area contributed by atoms with Gasteiger partial charge in [-0.3, -0.25) is 4.79 Å². The van der Waals surface area contributed by atoms with Gasteiger partial charge in [0.15, 0.2) is 5.76 Å². The van der Waals surface area contributed by atoms with Crippen LogP contribution in [0.1, 0.15) is 48.4 Å². The molecule has 2 saturated heterocycles. The van der Waals surface area contributed by atoms with Crippen molar-refractivity contribution in [2.75, 3.05) is 7.05 Å². The van der Waals surface area contributed by atoms with Gasteiger partial charge in [0.1, 0.15) is 5.76 Å². The summed E-state index contributed by atoms with van der Waals surface area (Å²) < 4.78 is 5.40. The van der Waals surface area contributed by atoms with Crippen LogP contribution in [-0.4, -0.2) is 36.0 Å². The molecule has 5 nitrogen and oxygen atoms in total. The first-order valence-electron chi connectivity index (χ1n) is 7.49. The van der Waals surface area contributed by atoms with E-state index in [0.717, 1.165) is 12.8 Å². The molecule has 1 aromatic heterocycles. The van der Waals surface area contributed by atoms with Crippen LogP contribution in [-0.2, 0) is 6.54 Å². The van der Waals surface area contributed by atoms with Crippen molar-refractivity contribution in [1.82, 2.24) is 10.2 Å². The lowest BCUT2D eigenvalue weighted by molar-refractivity contribution is 0.0457. The van der Waals surface area contributed by atoms with Crippen LogP contribution in [0.4, 0.5) is 0 Å². The Morgan fingerprint density at radius 3 is 2.70 bits per heavy atom. The fourth-order valence-corrected chi connectivity index (χ4v) is 3.60. The molecule has 3 heterocycles. The number of nitrogens with zero attached hydrogens (tertiary/aromatic N) is 1. The number of hydrogen-bond acceptors (Lipinski definition) is 4. The van der Waals surface area contributed by atoms with Crippen LogP contribution in [0, 0.1) is 0 Å². The van der Waals surface area contributed by atoms with E-state index in [2.05, 4.69) is 17.3 Å². The Labute approximate surface area is 119 Å². The summed E-state index contributed by atoms with van der Waals surface area (Å²) in [5.74, 6) is 0.905. The summed E-state index contributed by atoms with van der Waals surface area (Å²) in [5.41, 5.74) is 5.49. The smallest absolute Gasteiger partial charge is 0.287 e. The number of piperidine rings is 2. The molecule has 2 unspecified atom stereocenters. The molecule has 2 aliphatic heterocycles. The molecule has 110 valence electrons. The monoisotopic (exact) mass is 277 g/mol. The van der Waals surface area contributed by atoms with Gasteiger partial charge in [0.2, 0.25) is 0 Å². The van der Waals surface area contributed by atoms with Crippen molar-refractivity contribution in [2.45, 2.75) is 56.8 Å². The van der Waals surface area contributed by atoms with Crippen LogP contribution in [0.3, 0.4) is 0 Å². The lowest BCUT2D eigenvalue weighted by Crippen LogP contribution is -2.55. The molecule has 2 aliphatic rings. The van der Waals surface area contributed by atoms with Crippen LogP contribution < -0.4 is 11.1 Å². The van der Waals surface area contributed by atoms with Gasteiger partial charge in [-0.05, 0) is 44.9 Å². The third kappa shape index (κ3) is 2.60. The second-order valence-electron chi connectivity index (χ2n) is 6.02. The van der Waals surface area contributed by atoms with Gasteiger partial charge in [-0.15, -0.1) is 0 Å². The number of nitrogens with one attached hydrogen (secondary N) is 1. The molecule has 20 heavy (non-hydrogen) atoms. The topological polar surface area (TPSA) is 71.5 Å². The minimum atomic E-state index is -0.114. The molecule has 1 amide bonds. The number of amides is 1. The predicted octanol–water partition coefficient (Wildman–Crippen LogP) is 1.48. The van der Waals surface area contributed by atoms with Gasteiger partial charge in [-0.2, -0.15) is 0 Å². The van der Waals surface area contributed by atoms with Crippen LogP contribution in [0.25, 0.3) is 0 Å². The Morgan fingerprint density at radius 2 is 2.10 bits per heavy atom. The Bertz CT molecular complexity index is 471. The molecule has 5 heteroatoms. The van der Waals surface area contributed by atoms with Crippen molar-refractivity contribution < 1.29 is 9.21 Å². The fraction of sp³-hybridized carbons (Fsp3) is 0.667. The summed E-state index contributed by atoms with van der Waals surface area (Å²) in [4.78, 5) is 14.7. The second-order valence-corrected chi connectivity index (χ2v) is 6.02. The summed E-state index contributed by atoms with van der Waals surface area (Å²) in [6.45, 7) is 0.325. The summed E-state index contributed by atoms with van der Waals surface area (Å²) >= 11 is 0. The van der Waals surface area contributed by atoms with Gasteiger partial charge >= 0.3 is 0 Å². The standard InChI is InChI=1S/C15H23N3O2/c1-18-11-3-2-4-12(18)8-10(7-11)17-15(19)14-6-5-13(9-16)20-14/h5-6,10-12H,2-4,7-9,16H2,1H3,(H,17,19). The zero-order valence-electron chi connectivity index (χ0n) is 12.0. The SMILES string of the molecule is CN1C2CCCC1CC(NC(=O)c1ccc(CN)o1)C2. The summed E-state index contributed by atoms with van der Waals surface area (Å²) in [5, 5.41) is 3.12. The molecule has 3 rings (SSSR count). The van der Waals surface area contributed by atoms with E-state index in [4.69, 9.17) is 10.2 Å². The largest absolute Gasteiger partial charge is 0.455 e. The molecule has 0 aliphatic carbocycles. The summed E-state index contributed by atoms with van der Waals surface area (Å²) in [6.07, 6.45) is 5.90. The molecule has 2 atom stereocenters. The van der Waals surface area contributed by atoms with Crippen LogP contribution in [0.2, 0.25) is 0 Å². The van der Waals surface area contributed by atoms with Crippen molar-refractivity contribution in [3.8, 4) is 0 Å². The summed E-state index contributed by atoms with van der Waals surface area (Å²) in [6, 6.07) is 4.96. The average Bonchev–Trinajstić information content (AvgIpc) is 2.89. The number of furan rings is 1. The first kappa shape index (κ1) is 13.6. The molecule has 0 aromatic carbocycles. The van der Waals surface area contributed by atoms with Gasteiger partial charge in [0.05, 0.1) is 6.54 Å². The van der Waals surface area contributed by atoms with E-state index in [1.165, 1.54) is 19.3 Å². The minimum absolute atomic E-state index is 0.114. The molecular weight excluding hydrogens is 254 g/mol. The van der Waals surface area contributed by atoms with Gasteiger partial charge in [-0.1, -0.05) is 6.42 Å². The minimum Gasteiger partial charge on any atom is -0.455 e. The normalized spacial score (nSPS) is 30.2. The first-order valence-corrected chi connectivity index (χ1v) is 7.49. The number of carbonyl (C=O) groups excluding carboxylic acids is 1. The maximum Gasteiger partial charge on any atom is 0.287 e. The molecule has 3 N–H and O–H groups in total. The second kappa shape index (κ2) is 5.58. The van der Waals surface area contributed by atoms with Crippen LogP contribution in [0.5, 0.6) is 0 Å². The Morgan fingerprint density at radius 1 is 1.40 bits per heavy atom. The van der Waals surface area contributed by atoms with Gasteiger partial charge in [0.25, 0.3) is 5.91 Å².